The van der Waals surface area contributed by atoms with Crippen LogP contribution in [0.4, 0.5) is 5.82 Å². The number of nitrogens with one attached hydrogen (secondary N) is 2. The smallest absolute Gasteiger partial charge is 0.257 e. The number of amides is 1. The number of anilines is 1. The highest BCUT2D eigenvalue weighted by Crippen LogP contribution is 2.19. The minimum absolute atomic E-state index is 0.0734. The molecule has 1 amide bonds. The van der Waals surface area contributed by atoms with Crippen molar-refractivity contribution in [2.45, 2.75) is 32.6 Å². The maximum Gasteiger partial charge on any atom is 0.257 e. The van der Waals surface area contributed by atoms with Crippen LogP contribution in [0.3, 0.4) is 0 Å². The van der Waals surface area contributed by atoms with Crippen molar-refractivity contribution in [3.8, 4) is 0 Å². The van der Waals surface area contributed by atoms with Crippen LogP contribution in [0, 0.1) is 12.3 Å². The third-order valence-corrected chi connectivity index (χ3v) is 6.45. The second kappa shape index (κ2) is 10.7. The Hall–Kier alpha value is -3.32. The molecule has 0 radical (unpaired) electrons. The van der Waals surface area contributed by atoms with Crippen molar-refractivity contribution in [2.24, 2.45) is 0 Å². The molecule has 3 aromatic rings. The number of aromatic nitrogens is 1. The zero-order valence-electron chi connectivity index (χ0n) is 19.1. The molecule has 2 aromatic carbocycles. The number of halogens is 1. The Morgan fingerprint density at radius 3 is 2.38 bits per heavy atom. The summed E-state index contributed by atoms with van der Waals surface area (Å²) < 4.78 is 0.824. The number of pyridine rings is 1. The van der Waals surface area contributed by atoms with Crippen molar-refractivity contribution >= 4 is 39.3 Å². The van der Waals surface area contributed by atoms with Crippen LogP contribution < -0.4 is 5.32 Å². The van der Waals surface area contributed by atoms with E-state index in [-0.39, 0.29) is 18.1 Å². The largest absolute Gasteiger partial charge is 0.357 e. The first kappa shape index (κ1) is 23.8. The Bertz CT molecular complexity index is 1200. The van der Waals surface area contributed by atoms with E-state index in [9.17, 15) is 9.59 Å². The zero-order chi connectivity index (χ0) is 24.1. The number of benzene rings is 2. The number of aryl methyl sites for hydroxylation is 1. The molecule has 1 aromatic heterocycles. The summed E-state index contributed by atoms with van der Waals surface area (Å²) >= 11 is 3.33. The van der Waals surface area contributed by atoms with Crippen molar-refractivity contribution in [2.75, 3.05) is 18.4 Å². The number of carbonyl (C=O) groups excluding carboxylic acids is 2. The van der Waals surface area contributed by atoms with Gasteiger partial charge in [0.15, 0.2) is 5.78 Å². The van der Waals surface area contributed by atoms with E-state index >= 15 is 0 Å². The zero-order valence-corrected chi connectivity index (χ0v) is 20.7. The molecule has 1 aliphatic heterocycles. The summed E-state index contributed by atoms with van der Waals surface area (Å²) in [5, 5.41) is 11.3. The molecule has 0 aliphatic carbocycles. The molecule has 1 saturated heterocycles. The normalized spacial score (nSPS) is 13.4. The molecule has 4 rings (SSSR count). The first-order valence-corrected chi connectivity index (χ1v) is 12.2. The molecule has 0 bridgehead atoms. The number of carbonyl (C=O) groups is 2. The lowest BCUT2D eigenvalue weighted by molar-refractivity contribution is 0.0992. The van der Waals surface area contributed by atoms with Crippen molar-refractivity contribution in [3.63, 3.8) is 0 Å². The van der Waals surface area contributed by atoms with Gasteiger partial charge in [-0.3, -0.25) is 15.0 Å². The average molecular weight is 519 g/mol. The van der Waals surface area contributed by atoms with Gasteiger partial charge in [0.05, 0.1) is 0 Å². The summed E-state index contributed by atoms with van der Waals surface area (Å²) in [6.07, 6.45) is 5.17. The predicted molar refractivity (Wildman–Crippen MR) is 138 cm³/mol. The molecular weight excluding hydrogens is 492 g/mol. The first-order valence-electron chi connectivity index (χ1n) is 11.4. The van der Waals surface area contributed by atoms with Crippen LogP contribution in [0.25, 0.3) is 0 Å². The second-order valence-corrected chi connectivity index (χ2v) is 9.47. The van der Waals surface area contributed by atoms with Gasteiger partial charge in [-0.25, -0.2) is 4.98 Å². The molecule has 174 valence electrons. The van der Waals surface area contributed by atoms with E-state index in [0.717, 1.165) is 41.5 Å². The molecule has 0 saturated carbocycles. The Labute approximate surface area is 208 Å². The van der Waals surface area contributed by atoms with Gasteiger partial charge in [0.1, 0.15) is 11.7 Å². The number of likely N-dealkylation sites (tertiary alicyclic amines) is 1. The molecule has 0 unspecified atom stereocenters. The summed E-state index contributed by atoms with van der Waals surface area (Å²) in [7, 11) is 0. The third kappa shape index (κ3) is 5.78. The van der Waals surface area contributed by atoms with E-state index in [1.54, 1.807) is 36.5 Å². The summed E-state index contributed by atoms with van der Waals surface area (Å²) in [5.41, 5.74) is 3.44. The molecule has 0 atom stereocenters. The van der Waals surface area contributed by atoms with Crippen LogP contribution in [-0.2, 0) is 6.42 Å². The van der Waals surface area contributed by atoms with E-state index in [2.05, 4.69) is 31.1 Å². The molecule has 2 N–H and O–H groups in total. The maximum atomic E-state index is 13.0. The molecular formula is C27H27BrN4O2. The van der Waals surface area contributed by atoms with Gasteiger partial charge < -0.3 is 10.2 Å². The lowest BCUT2D eigenvalue weighted by Crippen LogP contribution is -2.35. The van der Waals surface area contributed by atoms with Gasteiger partial charge in [0.2, 0.25) is 0 Å². The number of hydrogen-bond donors (Lipinski definition) is 2. The van der Waals surface area contributed by atoms with Gasteiger partial charge in [-0.1, -0.05) is 42.0 Å². The maximum absolute atomic E-state index is 13.0. The molecule has 0 spiro atoms. The molecule has 6 nitrogen and oxygen atoms in total. The fourth-order valence-electron chi connectivity index (χ4n) is 4.08. The van der Waals surface area contributed by atoms with E-state index in [1.807, 2.05) is 31.2 Å². The highest BCUT2D eigenvalue weighted by Gasteiger charge is 2.18. The van der Waals surface area contributed by atoms with Crippen LogP contribution >= 0.6 is 15.9 Å². The number of Topliss-reactive ketones (excluding diaryl/α,β-unsaturated/α-hetero) is 1. The van der Waals surface area contributed by atoms with Gasteiger partial charge >= 0.3 is 0 Å². The monoisotopic (exact) mass is 518 g/mol. The number of nitrogens with zero attached hydrogens (tertiary/aromatic N) is 2. The highest BCUT2D eigenvalue weighted by molar-refractivity contribution is 9.10. The fraction of sp³-hybridized carbons (Fsp3) is 0.259. The van der Waals surface area contributed by atoms with Crippen LogP contribution in [0.2, 0.25) is 0 Å². The highest BCUT2D eigenvalue weighted by atomic mass is 79.9. The van der Waals surface area contributed by atoms with Crippen LogP contribution in [0.15, 0.2) is 65.3 Å². The SMILES string of the molecule is Cc1ccc(CC(=O)c2ccc(C(=N)N3CCCCC3)cc2)c(C(=O)Nc2ccc(Br)cn2)c1. The van der Waals surface area contributed by atoms with Crippen molar-refractivity contribution in [3.05, 3.63) is 93.1 Å². The van der Waals surface area contributed by atoms with Crippen LogP contribution in [0.1, 0.15) is 56.7 Å². The quantitative estimate of drug-likeness (QED) is 0.251. The van der Waals surface area contributed by atoms with Gasteiger partial charge in [-0.2, -0.15) is 0 Å². The Balaban J connectivity index is 1.47. The summed E-state index contributed by atoms with van der Waals surface area (Å²) in [6, 6.07) is 16.3. The van der Waals surface area contributed by atoms with Crippen molar-refractivity contribution < 1.29 is 9.59 Å². The second-order valence-electron chi connectivity index (χ2n) is 8.55. The molecule has 1 aliphatic rings. The Kier molecular flexibility index (Phi) is 7.53. The molecule has 34 heavy (non-hydrogen) atoms. The first-order chi connectivity index (χ1) is 16.4. The topological polar surface area (TPSA) is 86.2 Å². The van der Waals surface area contributed by atoms with Gasteiger partial charge in [-0.15, -0.1) is 0 Å². The Morgan fingerprint density at radius 2 is 1.71 bits per heavy atom. The molecule has 2 heterocycles. The van der Waals surface area contributed by atoms with Crippen molar-refractivity contribution in [1.82, 2.24) is 9.88 Å². The van der Waals surface area contributed by atoms with Crippen LogP contribution in [0.5, 0.6) is 0 Å². The van der Waals surface area contributed by atoms with E-state index in [0.29, 0.717) is 28.3 Å². The minimum Gasteiger partial charge on any atom is -0.357 e. The lowest BCUT2D eigenvalue weighted by Gasteiger charge is -2.29. The molecule has 1 fully saturated rings. The number of ketones is 1. The van der Waals surface area contributed by atoms with Crippen molar-refractivity contribution in [1.29, 1.82) is 5.41 Å². The van der Waals surface area contributed by atoms with Gasteiger partial charge in [-0.05, 0) is 65.9 Å². The number of piperidine rings is 1. The van der Waals surface area contributed by atoms with Gasteiger partial charge in [0, 0.05) is 46.9 Å². The minimum atomic E-state index is -0.299. The lowest BCUT2D eigenvalue weighted by atomic mass is 9.96. The predicted octanol–water partition coefficient (Wildman–Crippen LogP) is 5.64. The summed E-state index contributed by atoms with van der Waals surface area (Å²) in [5.74, 6) is 0.582. The molecule has 7 heteroatoms. The van der Waals surface area contributed by atoms with E-state index in [4.69, 9.17) is 5.41 Å². The number of rotatable bonds is 6. The fourth-order valence-corrected chi connectivity index (χ4v) is 4.31. The van der Waals surface area contributed by atoms with Crippen LogP contribution in [-0.4, -0.2) is 40.5 Å². The Morgan fingerprint density at radius 1 is 1.00 bits per heavy atom. The third-order valence-electron chi connectivity index (χ3n) is 5.98. The van der Waals surface area contributed by atoms with Gasteiger partial charge in [0.25, 0.3) is 5.91 Å². The average Bonchev–Trinajstić information content (AvgIpc) is 2.86. The summed E-state index contributed by atoms with van der Waals surface area (Å²) in [6.45, 7) is 3.73. The van der Waals surface area contributed by atoms with E-state index in [1.165, 1.54) is 6.42 Å². The standard InChI is InChI=1S/C27H27BrN4O2/c1-18-5-6-21(23(15-18)27(34)31-25-12-11-22(28)17-30-25)16-24(33)19-7-9-20(10-8-19)26(29)32-13-3-2-4-14-32/h5-12,15,17,29H,2-4,13-14,16H2,1H3,(H,30,31,34). The summed E-state index contributed by atoms with van der Waals surface area (Å²) in [4.78, 5) is 32.3. The number of hydrogen-bond acceptors (Lipinski definition) is 4. The van der Waals surface area contributed by atoms with E-state index < -0.39 is 0 Å². The number of amidine groups is 1.